The Balaban J connectivity index is 3.17. The van der Waals surface area contributed by atoms with Gasteiger partial charge in [-0.25, -0.2) is 0 Å². The molecule has 0 N–H and O–H groups in total. The summed E-state index contributed by atoms with van der Waals surface area (Å²) in [6.07, 6.45) is -0.804. The lowest BCUT2D eigenvalue weighted by Crippen LogP contribution is -2.11. The van der Waals surface area contributed by atoms with Crippen molar-refractivity contribution >= 4 is 16.7 Å². The van der Waals surface area contributed by atoms with Gasteiger partial charge in [0.05, 0.1) is 5.69 Å². The van der Waals surface area contributed by atoms with Crippen LogP contribution in [0.5, 0.6) is 0 Å². The van der Waals surface area contributed by atoms with E-state index in [0.717, 1.165) is 15.7 Å². The number of allylic oxidation sites excluding steroid dienone is 1. The van der Waals surface area contributed by atoms with Gasteiger partial charge >= 0.3 is 6.18 Å². The molecule has 0 amide bonds. The number of aromatic nitrogens is 2. The minimum absolute atomic E-state index is 0.361. The van der Waals surface area contributed by atoms with E-state index in [9.17, 15) is 13.2 Å². The number of thioether (sulfide) groups is 1. The third kappa shape index (κ3) is 2.56. The molecule has 84 valence electrons. The van der Waals surface area contributed by atoms with E-state index in [1.165, 1.54) is 18.8 Å². The largest absolute Gasteiger partial charge is 0.433 e. The molecule has 0 bridgehead atoms. The Kier molecular flexibility index (Phi) is 3.49. The fraction of sp³-hybridized carbons (Fsp3) is 0.444. The minimum atomic E-state index is -4.35. The lowest BCUT2D eigenvalue weighted by Gasteiger charge is -2.04. The van der Waals surface area contributed by atoms with Gasteiger partial charge in [-0.1, -0.05) is 6.08 Å². The van der Waals surface area contributed by atoms with Crippen molar-refractivity contribution in [2.24, 2.45) is 7.05 Å². The van der Waals surface area contributed by atoms with Gasteiger partial charge in [-0.2, -0.15) is 18.3 Å². The van der Waals surface area contributed by atoms with E-state index in [4.69, 9.17) is 0 Å². The second kappa shape index (κ2) is 4.30. The van der Waals surface area contributed by atoms with E-state index in [-0.39, 0.29) is 0 Å². The monoisotopic (exact) mass is 236 g/mol. The second-order valence-electron chi connectivity index (χ2n) is 2.89. The van der Waals surface area contributed by atoms with Crippen molar-refractivity contribution in [3.8, 4) is 0 Å². The molecule has 15 heavy (non-hydrogen) atoms. The van der Waals surface area contributed by atoms with Crippen molar-refractivity contribution in [3.63, 3.8) is 0 Å². The van der Waals surface area contributed by atoms with E-state index >= 15 is 0 Å². The molecule has 1 aromatic rings. The molecule has 1 aromatic heterocycles. The minimum Gasteiger partial charge on any atom is -0.263 e. The maximum atomic E-state index is 12.4. The fourth-order valence-electron chi connectivity index (χ4n) is 1.22. The summed E-state index contributed by atoms with van der Waals surface area (Å²) in [4.78, 5) is 0.737. The molecule has 0 unspecified atom stereocenters. The number of hydrogen-bond donors (Lipinski definition) is 0. The summed E-state index contributed by atoms with van der Waals surface area (Å²) in [5.41, 5.74) is -0.370. The Labute approximate surface area is 90.2 Å². The number of rotatable bonds is 2. The van der Waals surface area contributed by atoms with Gasteiger partial charge in [0.25, 0.3) is 0 Å². The van der Waals surface area contributed by atoms with Crippen molar-refractivity contribution in [2.75, 3.05) is 6.26 Å². The van der Waals surface area contributed by atoms with Crippen molar-refractivity contribution in [2.45, 2.75) is 13.1 Å². The van der Waals surface area contributed by atoms with Crippen LogP contribution in [-0.2, 0) is 13.2 Å². The molecular weight excluding hydrogens is 225 g/mol. The topological polar surface area (TPSA) is 17.8 Å². The highest BCUT2D eigenvalue weighted by molar-refractivity contribution is 8.07. The van der Waals surface area contributed by atoms with Crippen molar-refractivity contribution < 1.29 is 13.2 Å². The molecule has 0 atom stereocenters. The van der Waals surface area contributed by atoms with Crippen LogP contribution in [0.15, 0.2) is 12.1 Å². The summed E-state index contributed by atoms with van der Waals surface area (Å²) in [6, 6.07) is 1.06. The summed E-state index contributed by atoms with van der Waals surface area (Å²) < 4.78 is 38.2. The Hall–Kier alpha value is -0.910. The Bertz CT molecular complexity index is 379. The number of aryl methyl sites for hydroxylation is 1. The summed E-state index contributed by atoms with van der Waals surface area (Å²) in [6.45, 7) is 1.77. The van der Waals surface area contributed by atoms with Crippen LogP contribution in [-0.4, -0.2) is 16.0 Å². The molecule has 0 radical (unpaired) electrons. The van der Waals surface area contributed by atoms with Crippen molar-refractivity contribution in [3.05, 3.63) is 23.5 Å². The summed E-state index contributed by atoms with van der Waals surface area (Å²) in [7, 11) is 1.29. The Morgan fingerprint density at radius 2 is 2.13 bits per heavy atom. The van der Waals surface area contributed by atoms with Gasteiger partial charge in [0.2, 0.25) is 0 Å². The van der Waals surface area contributed by atoms with E-state index in [2.05, 4.69) is 5.10 Å². The molecule has 2 nitrogen and oxygen atoms in total. The zero-order valence-electron chi connectivity index (χ0n) is 8.59. The zero-order chi connectivity index (χ0) is 11.6. The molecule has 0 aliphatic carbocycles. The normalized spacial score (nSPS) is 13.3. The molecule has 1 rings (SSSR count). The standard InChI is InChI=1S/C9H11F3N2S/c1-4-7(15-3)6-5-8(9(10,11)12)14(2)13-6/h4-5H,1-3H3/b7-4-. The van der Waals surface area contributed by atoms with E-state index in [1.54, 1.807) is 19.3 Å². The summed E-state index contributed by atoms with van der Waals surface area (Å²) >= 11 is 1.37. The first-order chi connectivity index (χ1) is 6.90. The number of hydrogen-bond acceptors (Lipinski definition) is 2. The third-order valence-corrected chi connectivity index (χ3v) is 2.79. The van der Waals surface area contributed by atoms with Crippen molar-refractivity contribution in [1.29, 1.82) is 0 Å². The van der Waals surface area contributed by atoms with Gasteiger partial charge < -0.3 is 0 Å². The highest BCUT2D eigenvalue weighted by Gasteiger charge is 2.35. The first-order valence-corrected chi connectivity index (χ1v) is 5.44. The lowest BCUT2D eigenvalue weighted by molar-refractivity contribution is -0.143. The summed E-state index contributed by atoms with van der Waals surface area (Å²) in [5, 5.41) is 3.83. The highest BCUT2D eigenvalue weighted by atomic mass is 32.2. The fourth-order valence-corrected chi connectivity index (χ4v) is 1.77. The van der Waals surface area contributed by atoms with Crippen LogP contribution in [0.25, 0.3) is 4.91 Å². The highest BCUT2D eigenvalue weighted by Crippen LogP contribution is 2.32. The third-order valence-electron chi connectivity index (χ3n) is 1.90. The van der Waals surface area contributed by atoms with Crippen molar-refractivity contribution in [1.82, 2.24) is 9.78 Å². The molecule has 0 saturated carbocycles. The molecule has 6 heteroatoms. The van der Waals surface area contributed by atoms with Gasteiger partial charge in [-0.15, -0.1) is 11.8 Å². The second-order valence-corrected chi connectivity index (χ2v) is 3.74. The maximum Gasteiger partial charge on any atom is 0.433 e. The molecule has 1 heterocycles. The van der Waals surface area contributed by atoms with Gasteiger partial charge in [-0.05, 0) is 19.2 Å². The molecule has 0 spiro atoms. The van der Waals surface area contributed by atoms with Crippen LogP contribution in [0, 0.1) is 0 Å². The van der Waals surface area contributed by atoms with Crippen LogP contribution >= 0.6 is 11.8 Å². The van der Waals surface area contributed by atoms with Gasteiger partial charge in [0.1, 0.15) is 5.69 Å². The van der Waals surface area contributed by atoms with E-state index in [1.807, 2.05) is 0 Å². The Morgan fingerprint density at radius 1 is 1.53 bits per heavy atom. The molecule has 0 aliphatic heterocycles. The van der Waals surface area contributed by atoms with Crippen LogP contribution < -0.4 is 0 Å². The van der Waals surface area contributed by atoms with Crippen LogP contribution in [0.3, 0.4) is 0 Å². The van der Waals surface area contributed by atoms with E-state index in [0.29, 0.717) is 5.69 Å². The van der Waals surface area contributed by atoms with Gasteiger partial charge in [0.15, 0.2) is 0 Å². The molecular formula is C9H11F3N2S. The lowest BCUT2D eigenvalue weighted by atomic mass is 10.3. The SMILES string of the molecule is C/C=C(\SC)c1cc(C(F)(F)F)n(C)n1. The predicted octanol–water partition coefficient (Wildman–Crippen LogP) is 3.16. The first-order valence-electron chi connectivity index (χ1n) is 4.22. The van der Waals surface area contributed by atoms with Crippen LogP contribution in [0.1, 0.15) is 18.3 Å². The Morgan fingerprint density at radius 3 is 2.47 bits per heavy atom. The zero-order valence-corrected chi connectivity index (χ0v) is 9.41. The maximum absolute atomic E-state index is 12.4. The number of nitrogens with zero attached hydrogens (tertiary/aromatic N) is 2. The molecule has 0 saturated heterocycles. The average molecular weight is 236 g/mol. The van der Waals surface area contributed by atoms with Crippen LogP contribution in [0.4, 0.5) is 13.2 Å². The molecule has 0 aromatic carbocycles. The molecule has 0 fully saturated rings. The van der Waals surface area contributed by atoms with Gasteiger partial charge in [0, 0.05) is 12.0 Å². The summed E-state index contributed by atoms with van der Waals surface area (Å²) in [5.74, 6) is 0. The van der Waals surface area contributed by atoms with Crippen LogP contribution in [0.2, 0.25) is 0 Å². The molecule has 0 aliphatic rings. The average Bonchev–Trinajstić information content (AvgIpc) is 2.49. The smallest absolute Gasteiger partial charge is 0.263 e. The first kappa shape index (κ1) is 12.2. The van der Waals surface area contributed by atoms with E-state index < -0.39 is 11.9 Å². The predicted molar refractivity (Wildman–Crippen MR) is 55.4 cm³/mol. The number of alkyl halides is 3. The quantitative estimate of drug-likeness (QED) is 0.785. The van der Waals surface area contributed by atoms with Gasteiger partial charge in [-0.3, -0.25) is 4.68 Å². The number of halogens is 3.